The lowest BCUT2D eigenvalue weighted by Gasteiger charge is -2.33. The number of halogens is 1. The van der Waals surface area contributed by atoms with Gasteiger partial charge in [-0.15, -0.1) is 0 Å². The van der Waals surface area contributed by atoms with Gasteiger partial charge in [0.2, 0.25) is 0 Å². The Labute approximate surface area is 121 Å². The molecule has 112 valence electrons. The van der Waals surface area contributed by atoms with E-state index in [1.54, 1.807) is 6.07 Å². The van der Waals surface area contributed by atoms with Gasteiger partial charge in [-0.25, -0.2) is 4.39 Å². The van der Waals surface area contributed by atoms with Crippen LogP contribution in [0, 0.1) is 5.82 Å². The highest BCUT2D eigenvalue weighted by atomic mass is 19.1. The van der Waals surface area contributed by atoms with Crippen LogP contribution >= 0.6 is 0 Å². The summed E-state index contributed by atoms with van der Waals surface area (Å²) in [6.07, 6.45) is 1.93. The Morgan fingerprint density at radius 3 is 2.70 bits per heavy atom. The number of rotatable bonds is 5. The SMILES string of the molecule is CCNC(C)c1ccc(N(C)C2CCOCC2)c(F)c1. The highest BCUT2D eigenvalue weighted by Gasteiger charge is 2.21. The van der Waals surface area contributed by atoms with Gasteiger partial charge in [-0.3, -0.25) is 0 Å². The van der Waals surface area contributed by atoms with Crippen LogP contribution in [0.4, 0.5) is 10.1 Å². The van der Waals surface area contributed by atoms with Crippen LogP contribution in [0.3, 0.4) is 0 Å². The molecule has 0 spiro atoms. The average Bonchev–Trinajstić information content (AvgIpc) is 2.47. The van der Waals surface area contributed by atoms with Gasteiger partial charge in [-0.05, 0) is 44.0 Å². The van der Waals surface area contributed by atoms with E-state index in [9.17, 15) is 4.39 Å². The van der Waals surface area contributed by atoms with E-state index in [4.69, 9.17) is 4.74 Å². The lowest BCUT2D eigenvalue weighted by molar-refractivity contribution is 0.0853. The zero-order chi connectivity index (χ0) is 14.5. The van der Waals surface area contributed by atoms with Gasteiger partial charge in [-0.2, -0.15) is 0 Å². The molecule has 1 aromatic rings. The van der Waals surface area contributed by atoms with Crippen LogP contribution in [0.1, 0.15) is 38.3 Å². The molecule has 1 aliphatic rings. The maximum atomic E-state index is 14.4. The fraction of sp³-hybridized carbons (Fsp3) is 0.625. The summed E-state index contributed by atoms with van der Waals surface area (Å²) in [6.45, 7) is 6.53. The molecule has 1 aromatic carbocycles. The quantitative estimate of drug-likeness (QED) is 0.897. The van der Waals surface area contributed by atoms with Crippen LogP contribution in [-0.2, 0) is 4.74 Å². The highest BCUT2D eigenvalue weighted by molar-refractivity contribution is 5.50. The average molecular weight is 280 g/mol. The van der Waals surface area contributed by atoms with Gasteiger partial charge < -0.3 is 15.0 Å². The summed E-state index contributed by atoms with van der Waals surface area (Å²) < 4.78 is 19.7. The zero-order valence-electron chi connectivity index (χ0n) is 12.7. The minimum atomic E-state index is -0.138. The Morgan fingerprint density at radius 2 is 2.10 bits per heavy atom. The second kappa shape index (κ2) is 7.04. The first-order valence-corrected chi connectivity index (χ1v) is 7.47. The van der Waals surface area contributed by atoms with Crippen molar-refractivity contribution in [3.63, 3.8) is 0 Å². The van der Waals surface area contributed by atoms with Gasteiger partial charge in [0.05, 0.1) is 5.69 Å². The minimum Gasteiger partial charge on any atom is -0.381 e. The van der Waals surface area contributed by atoms with Gasteiger partial charge in [0, 0.05) is 32.3 Å². The van der Waals surface area contributed by atoms with Crippen LogP contribution in [0.2, 0.25) is 0 Å². The first-order valence-electron chi connectivity index (χ1n) is 7.47. The summed E-state index contributed by atoms with van der Waals surface area (Å²) in [7, 11) is 1.97. The van der Waals surface area contributed by atoms with E-state index in [-0.39, 0.29) is 11.9 Å². The summed E-state index contributed by atoms with van der Waals surface area (Å²) in [4.78, 5) is 2.06. The number of hydrogen-bond acceptors (Lipinski definition) is 3. The normalized spacial score (nSPS) is 18.0. The topological polar surface area (TPSA) is 24.5 Å². The van der Waals surface area contributed by atoms with Crippen LogP contribution < -0.4 is 10.2 Å². The van der Waals surface area contributed by atoms with Gasteiger partial charge in [0.1, 0.15) is 5.82 Å². The highest BCUT2D eigenvalue weighted by Crippen LogP contribution is 2.26. The van der Waals surface area contributed by atoms with Crippen molar-refractivity contribution in [3.8, 4) is 0 Å². The fourth-order valence-electron chi connectivity index (χ4n) is 2.77. The van der Waals surface area contributed by atoms with Crippen molar-refractivity contribution in [3.05, 3.63) is 29.6 Å². The Morgan fingerprint density at radius 1 is 1.40 bits per heavy atom. The predicted molar refractivity (Wildman–Crippen MR) is 80.7 cm³/mol. The number of nitrogens with zero attached hydrogens (tertiary/aromatic N) is 1. The molecule has 1 aliphatic heterocycles. The third-order valence-corrected chi connectivity index (χ3v) is 4.10. The van der Waals surface area contributed by atoms with E-state index >= 15 is 0 Å². The number of benzene rings is 1. The number of nitrogens with one attached hydrogen (secondary N) is 1. The van der Waals surface area contributed by atoms with Crippen molar-refractivity contribution in [1.29, 1.82) is 0 Å². The van der Waals surface area contributed by atoms with Gasteiger partial charge in [-0.1, -0.05) is 13.0 Å². The fourth-order valence-corrected chi connectivity index (χ4v) is 2.77. The van der Waals surface area contributed by atoms with Crippen molar-refractivity contribution in [2.45, 2.75) is 38.8 Å². The Bertz CT molecular complexity index is 432. The number of hydrogen-bond donors (Lipinski definition) is 1. The molecule has 1 fully saturated rings. The molecule has 0 radical (unpaired) electrons. The molecule has 1 atom stereocenters. The molecule has 1 heterocycles. The summed E-state index contributed by atoms with van der Waals surface area (Å²) >= 11 is 0. The smallest absolute Gasteiger partial charge is 0.146 e. The number of ether oxygens (including phenoxy) is 1. The summed E-state index contributed by atoms with van der Waals surface area (Å²) in [5, 5.41) is 3.30. The maximum absolute atomic E-state index is 14.4. The van der Waals surface area contributed by atoms with Gasteiger partial charge in [0.15, 0.2) is 0 Å². The van der Waals surface area contributed by atoms with E-state index in [2.05, 4.69) is 24.1 Å². The minimum absolute atomic E-state index is 0.138. The summed E-state index contributed by atoms with van der Waals surface area (Å²) in [5.41, 5.74) is 1.68. The van der Waals surface area contributed by atoms with Crippen molar-refractivity contribution in [1.82, 2.24) is 5.32 Å². The molecule has 20 heavy (non-hydrogen) atoms. The summed E-state index contributed by atoms with van der Waals surface area (Å²) in [5.74, 6) is -0.138. The van der Waals surface area contributed by atoms with E-state index in [0.29, 0.717) is 11.7 Å². The maximum Gasteiger partial charge on any atom is 0.146 e. The first kappa shape index (κ1) is 15.3. The molecule has 3 nitrogen and oxygen atoms in total. The molecular formula is C16H25FN2O. The second-order valence-corrected chi connectivity index (χ2v) is 5.44. The molecule has 1 saturated heterocycles. The molecule has 1 unspecified atom stereocenters. The van der Waals surface area contributed by atoms with Crippen molar-refractivity contribution in [2.75, 3.05) is 31.7 Å². The molecule has 0 aliphatic carbocycles. The monoisotopic (exact) mass is 280 g/mol. The van der Waals surface area contributed by atoms with Crippen molar-refractivity contribution in [2.24, 2.45) is 0 Å². The zero-order valence-corrected chi connectivity index (χ0v) is 12.7. The van der Waals surface area contributed by atoms with Gasteiger partial charge >= 0.3 is 0 Å². The largest absolute Gasteiger partial charge is 0.381 e. The standard InChI is InChI=1S/C16H25FN2O/c1-4-18-12(2)13-5-6-16(15(17)11-13)19(3)14-7-9-20-10-8-14/h5-6,11-12,14,18H,4,7-10H2,1-3H3. The van der Waals surface area contributed by atoms with Gasteiger partial charge in [0.25, 0.3) is 0 Å². The van der Waals surface area contributed by atoms with E-state index < -0.39 is 0 Å². The summed E-state index contributed by atoms with van der Waals surface area (Å²) in [6, 6.07) is 6.11. The Balaban J connectivity index is 2.12. The van der Waals surface area contributed by atoms with E-state index in [1.165, 1.54) is 0 Å². The lowest BCUT2D eigenvalue weighted by Crippen LogP contribution is -2.37. The molecule has 0 bridgehead atoms. The van der Waals surface area contributed by atoms with Crippen LogP contribution in [0.25, 0.3) is 0 Å². The van der Waals surface area contributed by atoms with Crippen LogP contribution in [-0.4, -0.2) is 32.8 Å². The van der Waals surface area contributed by atoms with Crippen LogP contribution in [0.5, 0.6) is 0 Å². The van der Waals surface area contributed by atoms with E-state index in [1.807, 2.05) is 19.2 Å². The Kier molecular flexibility index (Phi) is 5.38. The Hall–Kier alpha value is -1.13. The molecule has 2 rings (SSSR count). The first-order chi connectivity index (χ1) is 9.63. The van der Waals surface area contributed by atoms with E-state index in [0.717, 1.165) is 38.2 Å². The lowest BCUT2D eigenvalue weighted by atomic mass is 10.0. The molecule has 0 amide bonds. The predicted octanol–water partition coefficient (Wildman–Crippen LogP) is 3.11. The van der Waals surface area contributed by atoms with Crippen LogP contribution in [0.15, 0.2) is 18.2 Å². The third kappa shape index (κ3) is 3.49. The molecule has 1 N–H and O–H groups in total. The van der Waals surface area contributed by atoms with Crippen molar-refractivity contribution < 1.29 is 9.13 Å². The molecule has 0 saturated carbocycles. The number of anilines is 1. The third-order valence-electron chi connectivity index (χ3n) is 4.10. The second-order valence-electron chi connectivity index (χ2n) is 5.44. The van der Waals surface area contributed by atoms with Crippen molar-refractivity contribution >= 4 is 5.69 Å². The molecular weight excluding hydrogens is 255 g/mol. The molecule has 0 aromatic heterocycles. The molecule has 4 heteroatoms.